The van der Waals surface area contributed by atoms with E-state index in [2.05, 4.69) is 31.9 Å². The maximum atomic E-state index is 5.76. The first-order valence-electron chi connectivity index (χ1n) is 5.14. The summed E-state index contributed by atoms with van der Waals surface area (Å²) in [7, 11) is 0. The smallest absolute Gasteiger partial charge is 0.0458 e. The van der Waals surface area contributed by atoms with Gasteiger partial charge in [0.15, 0.2) is 0 Å². The normalized spacial score (nSPS) is 10.5. The summed E-state index contributed by atoms with van der Waals surface area (Å²) in [5, 5.41) is 0. The molecule has 2 aromatic rings. The van der Waals surface area contributed by atoms with E-state index in [1.165, 1.54) is 11.1 Å². The Hall–Kier alpha value is -1.00. The number of hydrogen-bond donors (Lipinski definition) is 2. The maximum Gasteiger partial charge on any atom is 0.0458 e. The van der Waals surface area contributed by atoms with Gasteiger partial charge >= 0.3 is 0 Å². The molecule has 0 spiro atoms. The van der Waals surface area contributed by atoms with Crippen molar-refractivity contribution in [3.8, 4) is 0 Å². The summed E-state index contributed by atoms with van der Waals surface area (Å²) in [6.45, 7) is 0. The van der Waals surface area contributed by atoms with Gasteiger partial charge in [-0.15, -0.1) is 0 Å². The van der Waals surface area contributed by atoms with Gasteiger partial charge in [0, 0.05) is 20.3 Å². The highest BCUT2D eigenvalue weighted by Crippen LogP contribution is 2.25. The Balaban J connectivity index is 2.25. The summed E-state index contributed by atoms with van der Waals surface area (Å²) in [5.41, 5.74) is 15.4. The first-order chi connectivity index (χ1) is 8.06. The average molecular weight is 356 g/mol. The van der Waals surface area contributed by atoms with E-state index in [1.807, 2.05) is 36.4 Å². The van der Waals surface area contributed by atoms with Gasteiger partial charge in [0.05, 0.1) is 0 Å². The van der Waals surface area contributed by atoms with Crippen molar-refractivity contribution in [2.45, 2.75) is 6.42 Å². The SMILES string of the molecule is Nc1ccc(Cc2ccc(N)c(Br)c2)cc1Br. The van der Waals surface area contributed by atoms with Gasteiger partial charge in [0.25, 0.3) is 0 Å². The van der Waals surface area contributed by atoms with Gasteiger partial charge in [-0.05, 0) is 73.7 Å². The van der Waals surface area contributed by atoms with Gasteiger partial charge in [-0.3, -0.25) is 0 Å². The van der Waals surface area contributed by atoms with Gasteiger partial charge in [0.1, 0.15) is 0 Å². The fourth-order valence-corrected chi connectivity index (χ4v) is 2.45. The van der Waals surface area contributed by atoms with E-state index >= 15 is 0 Å². The predicted octanol–water partition coefficient (Wildman–Crippen LogP) is 3.97. The van der Waals surface area contributed by atoms with E-state index in [0.717, 1.165) is 26.7 Å². The number of rotatable bonds is 2. The summed E-state index contributed by atoms with van der Waals surface area (Å²) in [5.74, 6) is 0. The number of halogens is 2. The Morgan fingerprint density at radius 2 is 1.18 bits per heavy atom. The number of anilines is 2. The lowest BCUT2D eigenvalue weighted by molar-refractivity contribution is 1.19. The van der Waals surface area contributed by atoms with Crippen LogP contribution in [0.15, 0.2) is 45.3 Å². The summed E-state index contributed by atoms with van der Waals surface area (Å²) in [6.07, 6.45) is 0.859. The van der Waals surface area contributed by atoms with Gasteiger partial charge < -0.3 is 11.5 Å². The molecule has 4 heteroatoms. The largest absolute Gasteiger partial charge is 0.398 e. The molecule has 0 heterocycles. The van der Waals surface area contributed by atoms with E-state index in [9.17, 15) is 0 Å². The minimum atomic E-state index is 0.757. The minimum Gasteiger partial charge on any atom is -0.398 e. The topological polar surface area (TPSA) is 52.0 Å². The van der Waals surface area contributed by atoms with Crippen LogP contribution in [0.2, 0.25) is 0 Å². The predicted molar refractivity (Wildman–Crippen MR) is 79.9 cm³/mol. The van der Waals surface area contributed by atoms with Crippen LogP contribution in [-0.2, 0) is 6.42 Å². The van der Waals surface area contributed by atoms with E-state index < -0.39 is 0 Å². The second-order valence-electron chi connectivity index (χ2n) is 3.89. The highest BCUT2D eigenvalue weighted by atomic mass is 79.9. The molecule has 88 valence electrons. The van der Waals surface area contributed by atoms with E-state index in [4.69, 9.17) is 11.5 Å². The van der Waals surface area contributed by atoms with Gasteiger partial charge in [-0.2, -0.15) is 0 Å². The molecule has 0 atom stereocenters. The van der Waals surface area contributed by atoms with Gasteiger partial charge in [-0.25, -0.2) is 0 Å². The van der Waals surface area contributed by atoms with Crippen LogP contribution < -0.4 is 11.5 Å². The highest BCUT2D eigenvalue weighted by molar-refractivity contribution is 9.11. The number of hydrogen-bond acceptors (Lipinski definition) is 2. The molecule has 0 aliphatic heterocycles. The quantitative estimate of drug-likeness (QED) is 0.801. The summed E-state index contributed by atoms with van der Waals surface area (Å²) < 4.78 is 1.87. The number of benzene rings is 2. The van der Waals surface area contributed by atoms with Crippen LogP contribution in [-0.4, -0.2) is 0 Å². The lowest BCUT2D eigenvalue weighted by atomic mass is 10.0. The molecule has 0 fully saturated rings. The van der Waals surface area contributed by atoms with Gasteiger partial charge in [0.2, 0.25) is 0 Å². The van der Waals surface area contributed by atoms with Gasteiger partial charge in [-0.1, -0.05) is 12.1 Å². The van der Waals surface area contributed by atoms with E-state index in [-0.39, 0.29) is 0 Å². The Labute approximate surface area is 117 Å². The van der Waals surface area contributed by atoms with E-state index in [0.29, 0.717) is 0 Å². The molecule has 0 radical (unpaired) electrons. The molecule has 2 nitrogen and oxygen atoms in total. The second-order valence-corrected chi connectivity index (χ2v) is 5.60. The van der Waals surface area contributed by atoms with Crippen molar-refractivity contribution in [2.75, 3.05) is 11.5 Å². The molecular weight excluding hydrogens is 344 g/mol. The molecule has 2 rings (SSSR count). The molecule has 0 bridgehead atoms. The van der Waals surface area contributed by atoms with Crippen molar-refractivity contribution in [1.82, 2.24) is 0 Å². The van der Waals surface area contributed by atoms with Crippen molar-refractivity contribution < 1.29 is 0 Å². The lowest BCUT2D eigenvalue weighted by Gasteiger charge is -2.06. The number of nitrogens with two attached hydrogens (primary N) is 2. The Morgan fingerprint density at radius 1 is 0.765 bits per heavy atom. The summed E-state index contributed by atoms with van der Waals surface area (Å²) >= 11 is 6.86. The van der Waals surface area contributed by atoms with Crippen LogP contribution in [0.5, 0.6) is 0 Å². The van der Waals surface area contributed by atoms with Crippen LogP contribution >= 0.6 is 31.9 Å². The van der Waals surface area contributed by atoms with Crippen LogP contribution in [0.4, 0.5) is 11.4 Å². The minimum absolute atomic E-state index is 0.757. The molecule has 0 unspecified atom stereocenters. The molecular formula is C13H12Br2N2. The van der Waals surface area contributed by atoms with Crippen LogP contribution in [0, 0.1) is 0 Å². The molecule has 0 saturated heterocycles. The molecule has 0 aliphatic carbocycles. The molecule has 0 aliphatic rings. The Morgan fingerprint density at radius 3 is 1.53 bits per heavy atom. The van der Waals surface area contributed by atoms with Crippen LogP contribution in [0.25, 0.3) is 0 Å². The van der Waals surface area contributed by atoms with Crippen molar-refractivity contribution in [3.05, 3.63) is 56.5 Å². The molecule has 0 aromatic heterocycles. The zero-order chi connectivity index (χ0) is 12.4. The van der Waals surface area contributed by atoms with Crippen molar-refractivity contribution in [1.29, 1.82) is 0 Å². The standard InChI is InChI=1S/C13H12Br2N2/c14-10-6-8(1-3-12(10)16)5-9-2-4-13(17)11(15)7-9/h1-4,6-7H,5,16-17H2. The third kappa shape index (κ3) is 3.01. The van der Waals surface area contributed by atoms with Crippen molar-refractivity contribution in [2.24, 2.45) is 0 Å². The van der Waals surface area contributed by atoms with Crippen molar-refractivity contribution in [3.63, 3.8) is 0 Å². The monoisotopic (exact) mass is 354 g/mol. The Bertz CT molecular complexity index is 504. The summed E-state index contributed by atoms with van der Waals surface area (Å²) in [4.78, 5) is 0. The third-order valence-electron chi connectivity index (χ3n) is 2.54. The third-order valence-corrected chi connectivity index (χ3v) is 3.91. The maximum absolute atomic E-state index is 5.76. The lowest BCUT2D eigenvalue weighted by Crippen LogP contribution is -1.93. The molecule has 17 heavy (non-hydrogen) atoms. The molecule has 4 N–H and O–H groups in total. The first kappa shape index (κ1) is 12.5. The molecule has 0 amide bonds. The zero-order valence-electron chi connectivity index (χ0n) is 9.08. The second kappa shape index (κ2) is 5.10. The number of nitrogen functional groups attached to an aromatic ring is 2. The molecule has 0 saturated carbocycles. The van der Waals surface area contributed by atoms with Crippen LogP contribution in [0.3, 0.4) is 0 Å². The zero-order valence-corrected chi connectivity index (χ0v) is 12.3. The Kier molecular flexibility index (Phi) is 3.74. The van der Waals surface area contributed by atoms with Crippen LogP contribution in [0.1, 0.15) is 11.1 Å². The highest BCUT2D eigenvalue weighted by Gasteiger charge is 2.02. The fraction of sp³-hybridized carbons (Fsp3) is 0.0769. The van der Waals surface area contributed by atoms with Crippen molar-refractivity contribution >= 4 is 43.2 Å². The summed E-state index contributed by atoms with van der Waals surface area (Å²) in [6, 6.07) is 12.0. The fourth-order valence-electron chi connectivity index (χ4n) is 1.60. The average Bonchev–Trinajstić information content (AvgIpc) is 2.29. The van der Waals surface area contributed by atoms with E-state index in [1.54, 1.807) is 0 Å². The molecule has 2 aromatic carbocycles. The first-order valence-corrected chi connectivity index (χ1v) is 6.72.